The maximum absolute atomic E-state index is 12.9. The Kier molecular flexibility index (Phi) is 8.05. The predicted octanol–water partition coefficient (Wildman–Crippen LogP) is 5.62. The van der Waals surface area contributed by atoms with Crippen molar-refractivity contribution < 1.29 is 9.59 Å². The van der Waals surface area contributed by atoms with Crippen molar-refractivity contribution in [3.63, 3.8) is 0 Å². The summed E-state index contributed by atoms with van der Waals surface area (Å²) in [5.41, 5.74) is 2.49. The fraction of sp³-hybridized carbons (Fsp3) is 0.286. The zero-order chi connectivity index (χ0) is 25.7. The molecule has 186 valence electrons. The minimum atomic E-state index is -0.315. The summed E-state index contributed by atoms with van der Waals surface area (Å²) in [5.74, 6) is 0.717. The topological polar surface area (TPSA) is 88.9 Å². The van der Waals surface area contributed by atoms with Gasteiger partial charge in [0.05, 0.1) is 11.8 Å². The van der Waals surface area contributed by atoms with Gasteiger partial charge in [0.15, 0.2) is 11.0 Å². The normalized spacial score (nSPS) is 12.0. The number of hydrogen-bond donors (Lipinski definition) is 2. The Labute approximate surface area is 215 Å². The van der Waals surface area contributed by atoms with E-state index >= 15 is 0 Å². The second-order valence-corrected chi connectivity index (χ2v) is 9.95. The van der Waals surface area contributed by atoms with Crippen molar-refractivity contribution in [2.24, 2.45) is 5.92 Å². The summed E-state index contributed by atoms with van der Waals surface area (Å²) in [6.07, 6.45) is 0. The highest BCUT2D eigenvalue weighted by atomic mass is 32.2. The molecule has 1 aromatic heterocycles. The minimum Gasteiger partial charge on any atom is -0.342 e. The molecule has 1 heterocycles. The molecule has 4 rings (SSSR count). The van der Waals surface area contributed by atoms with Gasteiger partial charge in [0.1, 0.15) is 0 Å². The second kappa shape index (κ2) is 11.4. The number of anilines is 1. The van der Waals surface area contributed by atoms with Crippen LogP contribution in [-0.2, 0) is 11.3 Å². The van der Waals surface area contributed by atoms with Crippen molar-refractivity contribution >= 4 is 40.0 Å². The number of thioether (sulfide) groups is 1. The molecular weight excluding hydrogens is 470 g/mol. The van der Waals surface area contributed by atoms with Gasteiger partial charge < -0.3 is 15.2 Å². The van der Waals surface area contributed by atoms with Crippen LogP contribution in [0.3, 0.4) is 0 Å². The summed E-state index contributed by atoms with van der Waals surface area (Å²) >= 11 is 1.34. The first-order valence-electron chi connectivity index (χ1n) is 12.1. The van der Waals surface area contributed by atoms with Crippen molar-refractivity contribution in [1.29, 1.82) is 0 Å². The molecule has 0 aliphatic rings. The fourth-order valence-electron chi connectivity index (χ4n) is 4.04. The maximum Gasteiger partial charge on any atom is 0.251 e. The second-order valence-electron chi connectivity index (χ2n) is 9.01. The molecule has 0 saturated heterocycles. The Morgan fingerprint density at radius 2 is 1.69 bits per heavy atom. The Morgan fingerprint density at radius 1 is 0.972 bits per heavy atom. The van der Waals surface area contributed by atoms with E-state index in [9.17, 15) is 9.59 Å². The first-order valence-corrected chi connectivity index (χ1v) is 13.1. The quantitative estimate of drug-likeness (QED) is 0.291. The third-order valence-corrected chi connectivity index (χ3v) is 6.97. The number of aryl methyl sites for hydroxylation is 1. The Hall–Kier alpha value is -3.65. The van der Waals surface area contributed by atoms with E-state index in [2.05, 4.69) is 20.8 Å². The molecule has 2 amide bonds. The van der Waals surface area contributed by atoms with Crippen LogP contribution in [0.1, 0.15) is 48.6 Å². The van der Waals surface area contributed by atoms with Gasteiger partial charge in [-0.3, -0.25) is 9.59 Å². The lowest BCUT2D eigenvalue weighted by molar-refractivity contribution is -0.113. The molecule has 8 heteroatoms. The van der Waals surface area contributed by atoms with Crippen LogP contribution in [0.15, 0.2) is 71.9 Å². The van der Waals surface area contributed by atoms with E-state index in [0.29, 0.717) is 23.1 Å². The predicted molar refractivity (Wildman–Crippen MR) is 145 cm³/mol. The van der Waals surface area contributed by atoms with Gasteiger partial charge in [-0.15, -0.1) is 10.2 Å². The lowest BCUT2D eigenvalue weighted by atomic mass is 10.0. The Bertz CT molecular complexity index is 1360. The molecule has 36 heavy (non-hydrogen) atoms. The highest BCUT2D eigenvalue weighted by Crippen LogP contribution is 2.27. The molecule has 2 N–H and O–H groups in total. The van der Waals surface area contributed by atoms with Crippen LogP contribution in [0.25, 0.3) is 10.8 Å². The SMILES string of the molecule is CCn1c(SCC(=O)Nc2cccc3ccccc23)nnc1[C@H](NC(=O)c1ccc(C)cc1)C(C)C. The van der Waals surface area contributed by atoms with Crippen LogP contribution in [0.4, 0.5) is 5.69 Å². The molecule has 0 aliphatic carbocycles. The van der Waals surface area contributed by atoms with Gasteiger partial charge in [-0.25, -0.2) is 0 Å². The molecule has 0 unspecified atom stereocenters. The number of benzene rings is 3. The summed E-state index contributed by atoms with van der Waals surface area (Å²) in [5, 5.41) is 17.6. The van der Waals surface area contributed by atoms with Crippen LogP contribution in [0.5, 0.6) is 0 Å². The van der Waals surface area contributed by atoms with Crippen molar-refractivity contribution in [3.05, 3.63) is 83.7 Å². The summed E-state index contributed by atoms with van der Waals surface area (Å²) in [6, 6.07) is 21.0. The highest BCUT2D eigenvalue weighted by Gasteiger charge is 2.26. The van der Waals surface area contributed by atoms with Gasteiger partial charge in [0, 0.05) is 23.2 Å². The van der Waals surface area contributed by atoms with Crippen LogP contribution >= 0.6 is 11.8 Å². The smallest absolute Gasteiger partial charge is 0.251 e. The zero-order valence-corrected chi connectivity index (χ0v) is 21.8. The number of amides is 2. The van der Waals surface area contributed by atoms with Crippen molar-refractivity contribution in [2.45, 2.75) is 45.4 Å². The average Bonchev–Trinajstić information content (AvgIpc) is 3.28. The van der Waals surface area contributed by atoms with E-state index in [1.165, 1.54) is 11.8 Å². The van der Waals surface area contributed by atoms with E-state index in [1.807, 2.05) is 99.0 Å². The molecular formula is C28H31N5O2S. The molecule has 3 aromatic carbocycles. The number of aromatic nitrogens is 3. The number of nitrogens with one attached hydrogen (secondary N) is 2. The Morgan fingerprint density at radius 3 is 2.42 bits per heavy atom. The molecule has 0 bridgehead atoms. The molecule has 0 aliphatic heterocycles. The maximum atomic E-state index is 12.9. The molecule has 1 atom stereocenters. The van der Waals surface area contributed by atoms with Gasteiger partial charge >= 0.3 is 0 Å². The lowest BCUT2D eigenvalue weighted by Crippen LogP contribution is -2.33. The van der Waals surface area contributed by atoms with E-state index in [4.69, 9.17) is 0 Å². The summed E-state index contributed by atoms with van der Waals surface area (Å²) < 4.78 is 1.97. The third-order valence-electron chi connectivity index (χ3n) is 6.00. The monoisotopic (exact) mass is 501 g/mol. The molecule has 4 aromatic rings. The van der Waals surface area contributed by atoms with Gasteiger partial charge in [0.25, 0.3) is 5.91 Å². The lowest BCUT2D eigenvalue weighted by Gasteiger charge is -2.22. The molecule has 0 fully saturated rings. The third kappa shape index (κ3) is 5.76. The van der Waals surface area contributed by atoms with Gasteiger partial charge in [-0.1, -0.05) is 79.7 Å². The number of carbonyl (C=O) groups is 2. The fourth-order valence-corrected chi connectivity index (χ4v) is 4.85. The van der Waals surface area contributed by atoms with E-state index < -0.39 is 0 Å². The molecule has 0 saturated carbocycles. The summed E-state index contributed by atoms with van der Waals surface area (Å²) in [6.45, 7) is 8.70. The molecule has 0 radical (unpaired) electrons. The number of rotatable bonds is 9. The van der Waals surface area contributed by atoms with E-state index in [-0.39, 0.29) is 29.5 Å². The van der Waals surface area contributed by atoms with Gasteiger partial charge in [-0.2, -0.15) is 0 Å². The number of nitrogens with zero attached hydrogens (tertiary/aromatic N) is 3. The van der Waals surface area contributed by atoms with Crippen LogP contribution < -0.4 is 10.6 Å². The molecule has 7 nitrogen and oxygen atoms in total. The first kappa shape index (κ1) is 25.4. The Balaban J connectivity index is 1.46. The number of hydrogen-bond acceptors (Lipinski definition) is 5. The van der Waals surface area contributed by atoms with E-state index in [1.54, 1.807) is 0 Å². The number of carbonyl (C=O) groups excluding carboxylic acids is 2. The number of fused-ring (bicyclic) bond motifs is 1. The van der Waals surface area contributed by atoms with Crippen molar-refractivity contribution in [3.8, 4) is 0 Å². The van der Waals surface area contributed by atoms with Crippen molar-refractivity contribution in [2.75, 3.05) is 11.1 Å². The van der Waals surface area contributed by atoms with Crippen LogP contribution in [-0.4, -0.2) is 32.3 Å². The average molecular weight is 502 g/mol. The zero-order valence-electron chi connectivity index (χ0n) is 21.0. The summed E-state index contributed by atoms with van der Waals surface area (Å²) in [7, 11) is 0. The van der Waals surface area contributed by atoms with Gasteiger partial charge in [0.2, 0.25) is 5.91 Å². The standard InChI is InChI=1S/C28H31N5O2S/c1-5-33-26(25(18(2)3)30-27(35)21-15-13-19(4)14-16-21)31-32-28(33)36-17-24(34)29-23-12-8-10-20-9-6-7-11-22(20)23/h6-16,18,25H,5,17H2,1-4H3,(H,29,34)(H,30,35)/t25-/m1/s1. The summed E-state index contributed by atoms with van der Waals surface area (Å²) in [4.78, 5) is 25.7. The largest absolute Gasteiger partial charge is 0.342 e. The first-order chi connectivity index (χ1) is 17.4. The molecule has 0 spiro atoms. The van der Waals surface area contributed by atoms with E-state index in [0.717, 1.165) is 22.0 Å². The minimum absolute atomic E-state index is 0.0985. The van der Waals surface area contributed by atoms with Crippen LogP contribution in [0, 0.1) is 12.8 Å². The van der Waals surface area contributed by atoms with Crippen LogP contribution in [0.2, 0.25) is 0 Å². The highest BCUT2D eigenvalue weighted by molar-refractivity contribution is 7.99. The van der Waals surface area contributed by atoms with Gasteiger partial charge in [-0.05, 0) is 43.4 Å². The van der Waals surface area contributed by atoms with Crippen molar-refractivity contribution in [1.82, 2.24) is 20.1 Å².